The summed E-state index contributed by atoms with van der Waals surface area (Å²) in [7, 11) is 3.95. The minimum absolute atomic E-state index is 0.0266. The number of piperidine rings is 1. The molecule has 5 rings (SSSR count). The second-order valence-electron chi connectivity index (χ2n) is 9.73. The van der Waals surface area contributed by atoms with Gasteiger partial charge in [0.15, 0.2) is 0 Å². The topological polar surface area (TPSA) is 57.4 Å². The van der Waals surface area contributed by atoms with Crippen LogP contribution in [0.25, 0.3) is 0 Å². The molecule has 0 bridgehead atoms. The van der Waals surface area contributed by atoms with Crippen LogP contribution < -0.4 is 10.1 Å². The Morgan fingerprint density at radius 3 is 2.82 bits per heavy atom. The van der Waals surface area contributed by atoms with Gasteiger partial charge in [-0.15, -0.1) is 0 Å². The highest BCUT2D eigenvalue weighted by Crippen LogP contribution is 2.49. The number of carbonyl (C=O) groups excluding carboxylic acids is 1. The number of nitrogens with one attached hydrogen (secondary N) is 2. The molecule has 1 saturated heterocycles. The molecular formula is C28H33N3O2. The van der Waals surface area contributed by atoms with Crippen molar-refractivity contribution in [3.63, 3.8) is 0 Å². The van der Waals surface area contributed by atoms with Crippen molar-refractivity contribution in [3.05, 3.63) is 88.2 Å². The predicted octanol–water partition coefficient (Wildman–Crippen LogP) is 4.25. The Kier molecular flexibility index (Phi) is 5.75. The van der Waals surface area contributed by atoms with Gasteiger partial charge in [0.25, 0.3) is 5.91 Å². The van der Waals surface area contributed by atoms with Gasteiger partial charge in [0.1, 0.15) is 11.4 Å². The molecule has 0 radical (unpaired) electrons. The number of fused-ring (bicyclic) bond motifs is 2. The fourth-order valence-corrected chi connectivity index (χ4v) is 5.92. The Morgan fingerprint density at radius 2 is 2.03 bits per heavy atom. The summed E-state index contributed by atoms with van der Waals surface area (Å²) in [5, 5.41) is 3.10. The van der Waals surface area contributed by atoms with Crippen molar-refractivity contribution >= 4 is 5.91 Å². The van der Waals surface area contributed by atoms with Crippen LogP contribution in [0.1, 0.15) is 44.9 Å². The van der Waals surface area contributed by atoms with E-state index in [1.165, 1.54) is 16.8 Å². The Hall–Kier alpha value is -3.05. The minimum Gasteiger partial charge on any atom is -0.497 e. The number of aromatic nitrogens is 1. The maximum absolute atomic E-state index is 13.1. The van der Waals surface area contributed by atoms with E-state index in [2.05, 4.69) is 47.4 Å². The largest absolute Gasteiger partial charge is 0.497 e. The number of ether oxygens (including phenoxy) is 1. The lowest BCUT2D eigenvalue weighted by Crippen LogP contribution is -2.52. The lowest BCUT2D eigenvalue weighted by atomic mass is 9.58. The van der Waals surface area contributed by atoms with Gasteiger partial charge in [-0.25, -0.2) is 0 Å². The van der Waals surface area contributed by atoms with Crippen molar-refractivity contribution in [2.75, 3.05) is 27.2 Å². The van der Waals surface area contributed by atoms with Crippen LogP contribution in [0.4, 0.5) is 0 Å². The number of H-pyrrole nitrogens is 1. The molecule has 2 aliphatic rings. The third-order valence-electron chi connectivity index (χ3n) is 7.83. The molecule has 1 aliphatic heterocycles. The zero-order chi connectivity index (χ0) is 23.0. The highest BCUT2D eigenvalue weighted by Gasteiger charge is 2.48. The van der Waals surface area contributed by atoms with Crippen LogP contribution in [0.2, 0.25) is 0 Å². The number of carbonyl (C=O) groups is 1. The maximum Gasteiger partial charge on any atom is 0.268 e. The van der Waals surface area contributed by atoms with Gasteiger partial charge in [0.2, 0.25) is 0 Å². The molecule has 2 unspecified atom stereocenters. The number of hydrogen-bond donors (Lipinski definition) is 2. The van der Waals surface area contributed by atoms with Gasteiger partial charge < -0.3 is 19.9 Å². The second-order valence-corrected chi connectivity index (χ2v) is 9.73. The standard InChI is InChI=1S/C28H33N3O2/c1-19-24-15-22-18-31(2)13-12-28(22,21-10-7-11-23(14-21)33-3)16-25(24)30-26(19)27(32)29-17-20-8-5-4-6-9-20/h4-11,14,22,30H,12-13,15-18H2,1-3H3,(H,29,32). The summed E-state index contributed by atoms with van der Waals surface area (Å²) in [4.78, 5) is 19.1. The molecule has 5 heteroatoms. The van der Waals surface area contributed by atoms with E-state index in [1.807, 2.05) is 36.4 Å². The monoisotopic (exact) mass is 443 g/mol. The molecule has 0 saturated carbocycles. The Morgan fingerprint density at radius 1 is 1.21 bits per heavy atom. The Balaban J connectivity index is 1.46. The first-order valence-corrected chi connectivity index (χ1v) is 11.9. The molecule has 0 spiro atoms. The molecular weight excluding hydrogens is 410 g/mol. The van der Waals surface area contributed by atoms with Gasteiger partial charge in [0.05, 0.1) is 7.11 Å². The van der Waals surface area contributed by atoms with Gasteiger partial charge in [-0.1, -0.05) is 42.5 Å². The lowest BCUT2D eigenvalue weighted by molar-refractivity contribution is 0.0944. The average Bonchev–Trinajstić information content (AvgIpc) is 3.17. The van der Waals surface area contributed by atoms with E-state index in [4.69, 9.17) is 4.74 Å². The molecule has 1 amide bonds. The zero-order valence-electron chi connectivity index (χ0n) is 19.8. The molecule has 5 nitrogen and oxygen atoms in total. The molecule has 2 N–H and O–H groups in total. The van der Waals surface area contributed by atoms with Crippen molar-refractivity contribution in [1.29, 1.82) is 0 Å². The predicted molar refractivity (Wildman–Crippen MR) is 131 cm³/mol. The molecule has 1 fully saturated rings. The van der Waals surface area contributed by atoms with Crippen LogP contribution in [0.3, 0.4) is 0 Å². The van der Waals surface area contributed by atoms with Crippen molar-refractivity contribution in [3.8, 4) is 5.75 Å². The molecule has 1 aliphatic carbocycles. The van der Waals surface area contributed by atoms with E-state index in [1.54, 1.807) is 7.11 Å². The first-order chi connectivity index (χ1) is 16.0. The van der Waals surface area contributed by atoms with Crippen LogP contribution >= 0.6 is 0 Å². The molecule has 2 aromatic carbocycles. The Bertz CT molecular complexity index is 1150. The number of nitrogens with zero attached hydrogens (tertiary/aromatic N) is 1. The Labute approximate surface area is 196 Å². The van der Waals surface area contributed by atoms with Gasteiger partial charge >= 0.3 is 0 Å². The highest BCUT2D eigenvalue weighted by molar-refractivity contribution is 5.94. The fourth-order valence-electron chi connectivity index (χ4n) is 5.92. The second kappa shape index (κ2) is 8.71. The van der Waals surface area contributed by atoms with Crippen LogP contribution in [0, 0.1) is 12.8 Å². The highest BCUT2D eigenvalue weighted by atomic mass is 16.5. The van der Waals surface area contributed by atoms with Crippen LogP contribution in [0.15, 0.2) is 54.6 Å². The fraction of sp³-hybridized carbons (Fsp3) is 0.393. The molecule has 2 atom stereocenters. The molecule has 1 aromatic heterocycles. The van der Waals surface area contributed by atoms with Crippen molar-refractivity contribution in [1.82, 2.24) is 15.2 Å². The summed E-state index contributed by atoms with van der Waals surface area (Å²) in [5.41, 5.74) is 6.88. The van der Waals surface area contributed by atoms with Crippen molar-refractivity contribution in [2.24, 2.45) is 5.92 Å². The number of benzene rings is 2. The number of methoxy groups -OCH3 is 1. The van der Waals surface area contributed by atoms with Crippen molar-refractivity contribution < 1.29 is 9.53 Å². The third kappa shape index (κ3) is 3.95. The zero-order valence-corrected chi connectivity index (χ0v) is 19.8. The number of likely N-dealkylation sites (tertiary alicyclic amines) is 1. The van der Waals surface area contributed by atoms with E-state index < -0.39 is 0 Å². The normalized spacial score (nSPS) is 22.3. The molecule has 3 aromatic rings. The average molecular weight is 444 g/mol. The summed E-state index contributed by atoms with van der Waals surface area (Å²) in [5.74, 6) is 1.39. The van der Waals surface area contributed by atoms with E-state index in [-0.39, 0.29) is 11.3 Å². The van der Waals surface area contributed by atoms with Crippen LogP contribution in [-0.2, 0) is 24.8 Å². The van der Waals surface area contributed by atoms with E-state index >= 15 is 0 Å². The van der Waals surface area contributed by atoms with Gasteiger partial charge in [0, 0.05) is 24.2 Å². The molecule has 172 valence electrons. The number of aromatic amines is 1. The summed E-state index contributed by atoms with van der Waals surface area (Å²) in [6, 6.07) is 18.7. The smallest absolute Gasteiger partial charge is 0.268 e. The number of rotatable bonds is 5. The van der Waals surface area contributed by atoms with Gasteiger partial charge in [-0.3, -0.25) is 4.79 Å². The van der Waals surface area contributed by atoms with Crippen molar-refractivity contribution in [2.45, 2.75) is 38.1 Å². The van der Waals surface area contributed by atoms with Gasteiger partial charge in [-0.05, 0) is 80.1 Å². The molecule has 2 heterocycles. The summed E-state index contributed by atoms with van der Waals surface area (Å²) in [6.07, 6.45) is 3.03. The maximum atomic E-state index is 13.1. The first-order valence-electron chi connectivity index (χ1n) is 11.9. The van der Waals surface area contributed by atoms with E-state index in [9.17, 15) is 4.79 Å². The summed E-state index contributed by atoms with van der Waals surface area (Å²) >= 11 is 0. The summed E-state index contributed by atoms with van der Waals surface area (Å²) < 4.78 is 5.56. The molecule has 33 heavy (non-hydrogen) atoms. The minimum atomic E-state index is -0.0266. The lowest BCUT2D eigenvalue weighted by Gasteiger charge is -2.50. The first kappa shape index (κ1) is 21.8. The van der Waals surface area contributed by atoms with E-state index in [0.29, 0.717) is 18.2 Å². The van der Waals surface area contributed by atoms with E-state index in [0.717, 1.165) is 49.2 Å². The number of amides is 1. The van der Waals surface area contributed by atoms with Crippen LogP contribution in [-0.4, -0.2) is 43.0 Å². The SMILES string of the molecule is COc1cccc(C23CCN(C)CC2Cc2c([nH]c(C(=O)NCc4ccccc4)c2C)C3)c1. The quantitative estimate of drug-likeness (QED) is 0.620. The summed E-state index contributed by atoms with van der Waals surface area (Å²) in [6.45, 7) is 4.77. The van der Waals surface area contributed by atoms with Gasteiger partial charge in [-0.2, -0.15) is 0 Å². The third-order valence-corrected chi connectivity index (χ3v) is 7.83. The van der Waals surface area contributed by atoms with Crippen LogP contribution in [0.5, 0.6) is 5.75 Å². The number of hydrogen-bond acceptors (Lipinski definition) is 3.